The van der Waals surface area contributed by atoms with Crippen LogP contribution in [0.5, 0.6) is 5.75 Å². The number of nitrogens with zero attached hydrogens (tertiary/aromatic N) is 3. The highest BCUT2D eigenvalue weighted by Gasteiger charge is 2.27. The fraction of sp³-hybridized carbons (Fsp3) is 0.400. The second-order valence-electron chi connectivity index (χ2n) is 7.06. The molecule has 1 fully saturated rings. The number of benzene rings is 1. The number of anilines is 3. The topological polar surface area (TPSA) is 103 Å². The lowest BCUT2D eigenvalue weighted by molar-refractivity contribution is 0.340. The zero-order chi connectivity index (χ0) is 18.8. The van der Waals surface area contributed by atoms with Gasteiger partial charge in [0.15, 0.2) is 5.65 Å². The number of rotatable bonds is 5. The molecule has 0 atom stereocenters. The van der Waals surface area contributed by atoms with E-state index in [1.54, 1.807) is 10.7 Å². The molecule has 1 aliphatic rings. The summed E-state index contributed by atoms with van der Waals surface area (Å²) in [4.78, 5) is 4.51. The van der Waals surface area contributed by atoms with Gasteiger partial charge in [-0.25, -0.2) is 9.50 Å². The van der Waals surface area contributed by atoms with Crippen molar-refractivity contribution in [2.24, 2.45) is 5.73 Å². The zero-order valence-electron chi connectivity index (χ0n) is 15.6. The SMILES string of the molecule is CCOc1ccc(Nc2c3nccn3nc(N)c2[C@H]2CC[C@@H](N)CC2)cc1. The second-order valence-corrected chi connectivity index (χ2v) is 7.06. The molecule has 2 heterocycles. The molecule has 1 aromatic carbocycles. The van der Waals surface area contributed by atoms with Crippen molar-refractivity contribution < 1.29 is 4.74 Å². The van der Waals surface area contributed by atoms with Gasteiger partial charge in [-0.2, -0.15) is 0 Å². The number of aromatic nitrogens is 3. The maximum atomic E-state index is 6.38. The minimum Gasteiger partial charge on any atom is -0.494 e. The first-order valence-electron chi connectivity index (χ1n) is 9.54. The maximum Gasteiger partial charge on any atom is 0.177 e. The molecule has 0 bridgehead atoms. The highest BCUT2D eigenvalue weighted by atomic mass is 16.5. The van der Waals surface area contributed by atoms with Crippen molar-refractivity contribution in [3.8, 4) is 5.75 Å². The standard InChI is InChI=1S/C20H26N6O/c1-2-27-16-9-7-15(8-10-16)24-18-17(13-3-5-14(21)6-4-13)19(22)25-26-12-11-23-20(18)26/h7-14,24H,2-6,21H2,1H3,(H2,22,25)/t13-,14+. The Hall–Kier alpha value is -2.80. The largest absolute Gasteiger partial charge is 0.494 e. The van der Waals surface area contributed by atoms with Crippen LogP contribution in [-0.2, 0) is 0 Å². The molecule has 0 radical (unpaired) electrons. The Morgan fingerprint density at radius 1 is 1.19 bits per heavy atom. The van der Waals surface area contributed by atoms with Crippen LogP contribution in [-0.4, -0.2) is 27.2 Å². The first kappa shape index (κ1) is 17.6. The van der Waals surface area contributed by atoms with Crippen molar-refractivity contribution >= 4 is 22.8 Å². The van der Waals surface area contributed by atoms with E-state index < -0.39 is 0 Å². The van der Waals surface area contributed by atoms with E-state index in [1.807, 2.05) is 37.4 Å². The molecule has 2 aromatic heterocycles. The highest BCUT2D eigenvalue weighted by molar-refractivity contribution is 5.80. The lowest BCUT2D eigenvalue weighted by Gasteiger charge is -2.28. The first-order chi connectivity index (χ1) is 13.2. The van der Waals surface area contributed by atoms with Gasteiger partial charge in [0.2, 0.25) is 0 Å². The summed E-state index contributed by atoms with van der Waals surface area (Å²) in [5.41, 5.74) is 16.2. The number of hydrogen-bond acceptors (Lipinski definition) is 6. The number of fused-ring (bicyclic) bond motifs is 1. The third-order valence-electron chi connectivity index (χ3n) is 5.22. The molecule has 0 unspecified atom stereocenters. The van der Waals surface area contributed by atoms with Crippen LogP contribution < -0.4 is 21.5 Å². The molecule has 4 rings (SSSR count). The van der Waals surface area contributed by atoms with E-state index in [1.165, 1.54) is 0 Å². The van der Waals surface area contributed by atoms with Crippen LogP contribution in [0.25, 0.3) is 5.65 Å². The number of imidazole rings is 1. The Bertz CT molecular complexity index is 912. The number of nitrogens with one attached hydrogen (secondary N) is 1. The van der Waals surface area contributed by atoms with Gasteiger partial charge < -0.3 is 21.5 Å². The fourth-order valence-electron chi connectivity index (χ4n) is 3.86. The average Bonchev–Trinajstić information content (AvgIpc) is 3.13. The molecule has 0 saturated heterocycles. The van der Waals surface area contributed by atoms with Crippen molar-refractivity contribution in [2.75, 3.05) is 17.7 Å². The maximum absolute atomic E-state index is 6.38. The molecule has 5 N–H and O–H groups in total. The number of hydrogen-bond donors (Lipinski definition) is 3. The predicted molar refractivity (Wildman–Crippen MR) is 107 cm³/mol. The highest BCUT2D eigenvalue weighted by Crippen LogP contribution is 2.41. The second kappa shape index (κ2) is 7.44. The summed E-state index contributed by atoms with van der Waals surface area (Å²) >= 11 is 0. The lowest BCUT2D eigenvalue weighted by atomic mass is 9.81. The van der Waals surface area contributed by atoms with E-state index in [9.17, 15) is 0 Å². The van der Waals surface area contributed by atoms with Crippen LogP contribution in [0.2, 0.25) is 0 Å². The van der Waals surface area contributed by atoms with Gasteiger partial charge in [0.1, 0.15) is 11.6 Å². The van der Waals surface area contributed by atoms with Crippen molar-refractivity contribution in [3.63, 3.8) is 0 Å². The van der Waals surface area contributed by atoms with E-state index >= 15 is 0 Å². The molecule has 0 amide bonds. The molecular weight excluding hydrogens is 340 g/mol. The number of ether oxygens (including phenoxy) is 1. The minimum atomic E-state index is 0.285. The molecule has 27 heavy (non-hydrogen) atoms. The Labute approximate surface area is 158 Å². The van der Waals surface area contributed by atoms with Gasteiger partial charge in [-0.1, -0.05) is 0 Å². The molecule has 0 spiro atoms. The fourth-order valence-corrected chi connectivity index (χ4v) is 3.86. The molecule has 3 aromatic rings. The quantitative estimate of drug-likeness (QED) is 0.639. The molecule has 142 valence electrons. The van der Waals surface area contributed by atoms with Gasteiger partial charge in [-0.3, -0.25) is 0 Å². The first-order valence-corrected chi connectivity index (χ1v) is 9.54. The Balaban J connectivity index is 1.73. The Morgan fingerprint density at radius 3 is 2.63 bits per heavy atom. The van der Waals surface area contributed by atoms with Gasteiger partial charge in [0, 0.05) is 29.7 Å². The lowest BCUT2D eigenvalue weighted by Crippen LogP contribution is -2.26. The third-order valence-corrected chi connectivity index (χ3v) is 5.22. The van der Waals surface area contributed by atoms with Crippen LogP contribution in [0.1, 0.15) is 44.1 Å². The van der Waals surface area contributed by atoms with Crippen molar-refractivity contribution in [1.29, 1.82) is 0 Å². The summed E-state index contributed by atoms with van der Waals surface area (Å²) in [6.45, 7) is 2.62. The predicted octanol–water partition coefficient (Wildman–Crippen LogP) is 3.44. The van der Waals surface area contributed by atoms with Gasteiger partial charge in [-0.15, -0.1) is 5.10 Å². The summed E-state index contributed by atoms with van der Waals surface area (Å²) in [5, 5.41) is 8.04. The average molecular weight is 366 g/mol. The normalized spacial score (nSPS) is 19.9. The van der Waals surface area contributed by atoms with Crippen LogP contribution in [0, 0.1) is 0 Å². The zero-order valence-corrected chi connectivity index (χ0v) is 15.6. The van der Waals surface area contributed by atoms with Crippen molar-refractivity contribution in [1.82, 2.24) is 14.6 Å². The molecule has 7 heteroatoms. The van der Waals surface area contributed by atoms with Crippen LogP contribution in [0.3, 0.4) is 0 Å². The summed E-state index contributed by atoms with van der Waals surface area (Å²) in [6, 6.07) is 8.20. The molecule has 7 nitrogen and oxygen atoms in total. The van der Waals surface area contributed by atoms with E-state index in [4.69, 9.17) is 16.2 Å². The number of nitrogen functional groups attached to an aromatic ring is 1. The molecular formula is C20H26N6O. The summed E-state index contributed by atoms with van der Waals surface area (Å²) in [6.07, 6.45) is 7.60. The smallest absolute Gasteiger partial charge is 0.177 e. The van der Waals surface area contributed by atoms with E-state index in [-0.39, 0.29) is 6.04 Å². The van der Waals surface area contributed by atoms with Crippen molar-refractivity contribution in [2.45, 2.75) is 44.6 Å². The van der Waals surface area contributed by atoms with Gasteiger partial charge in [0.25, 0.3) is 0 Å². The van der Waals surface area contributed by atoms with Crippen LogP contribution >= 0.6 is 0 Å². The van der Waals surface area contributed by atoms with Gasteiger partial charge in [0.05, 0.1) is 12.3 Å². The van der Waals surface area contributed by atoms with E-state index in [0.717, 1.165) is 54.0 Å². The van der Waals surface area contributed by atoms with Gasteiger partial charge >= 0.3 is 0 Å². The summed E-state index contributed by atoms with van der Waals surface area (Å²) in [5.74, 6) is 1.74. The molecule has 1 saturated carbocycles. The van der Waals surface area contributed by atoms with E-state index in [0.29, 0.717) is 18.3 Å². The summed E-state index contributed by atoms with van der Waals surface area (Å²) < 4.78 is 7.26. The molecule has 1 aliphatic carbocycles. The summed E-state index contributed by atoms with van der Waals surface area (Å²) in [7, 11) is 0. The van der Waals surface area contributed by atoms with Crippen LogP contribution in [0.4, 0.5) is 17.2 Å². The number of nitrogens with two attached hydrogens (primary N) is 2. The van der Waals surface area contributed by atoms with Crippen LogP contribution in [0.15, 0.2) is 36.7 Å². The Morgan fingerprint density at radius 2 is 1.93 bits per heavy atom. The van der Waals surface area contributed by atoms with Gasteiger partial charge in [-0.05, 0) is 62.8 Å². The molecule has 0 aliphatic heterocycles. The minimum absolute atomic E-state index is 0.285. The third kappa shape index (κ3) is 3.55. The Kier molecular flexibility index (Phi) is 4.85. The monoisotopic (exact) mass is 366 g/mol. The van der Waals surface area contributed by atoms with E-state index in [2.05, 4.69) is 15.4 Å². The van der Waals surface area contributed by atoms with Crippen molar-refractivity contribution in [3.05, 3.63) is 42.2 Å².